The first-order valence-electron chi connectivity index (χ1n) is 9.13. The highest BCUT2D eigenvalue weighted by atomic mass is 16.5. The number of rotatable bonds is 7. The molecule has 0 bridgehead atoms. The molecule has 0 atom stereocenters. The van der Waals surface area contributed by atoms with E-state index in [2.05, 4.69) is 0 Å². The maximum absolute atomic E-state index is 12.7. The summed E-state index contributed by atoms with van der Waals surface area (Å²) < 4.78 is 17.6. The topological polar surface area (TPSA) is 66.8 Å². The largest absolute Gasteiger partial charge is 0.497 e. The Bertz CT molecular complexity index is 1030. The molecule has 0 saturated heterocycles. The summed E-state index contributed by atoms with van der Waals surface area (Å²) in [4.78, 5) is 25.0. The number of hydrogen-bond donors (Lipinski definition) is 0. The molecule has 0 aliphatic carbocycles. The minimum absolute atomic E-state index is 0.263. The van der Waals surface area contributed by atoms with Crippen LogP contribution in [-0.4, -0.2) is 37.1 Å². The van der Waals surface area contributed by atoms with Crippen LogP contribution in [0.4, 0.5) is 0 Å². The number of ketones is 1. The summed E-state index contributed by atoms with van der Waals surface area (Å²) >= 11 is 0. The number of ether oxygens (including phenoxy) is 3. The molecule has 0 unspecified atom stereocenters. The van der Waals surface area contributed by atoms with Crippen molar-refractivity contribution in [2.24, 2.45) is 0 Å². The van der Waals surface area contributed by atoms with Crippen molar-refractivity contribution in [1.82, 2.24) is 4.57 Å². The van der Waals surface area contributed by atoms with E-state index in [-0.39, 0.29) is 18.0 Å². The fourth-order valence-electron chi connectivity index (χ4n) is 3.27. The van der Waals surface area contributed by atoms with E-state index in [9.17, 15) is 9.59 Å². The molecule has 6 heteroatoms. The van der Waals surface area contributed by atoms with Gasteiger partial charge < -0.3 is 18.8 Å². The van der Waals surface area contributed by atoms with Gasteiger partial charge in [0.15, 0.2) is 6.61 Å². The van der Waals surface area contributed by atoms with Crippen molar-refractivity contribution in [1.29, 1.82) is 0 Å². The predicted molar refractivity (Wildman–Crippen MR) is 109 cm³/mol. The fraction of sp³-hybridized carbons (Fsp3) is 0.217. The number of nitrogens with zero attached hydrogens (tertiary/aromatic N) is 1. The van der Waals surface area contributed by atoms with Crippen LogP contribution in [-0.2, 0) is 4.74 Å². The number of carbonyl (C=O) groups is 2. The van der Waals surface area contributed by atoms with Gasteiger partial charge in [-0.2, -0.15) is 0 Å². The number of Topliss-reactive ketones (excluding diaryl/α,β-unsaturated/α-hetero) is 1. The molecule has 29 heavy (non-hydrogen) atoms. The highest BCUT2D eigenvalue weighted by molar-refractivity contribution is 6.01. The van der Waals surface area contributed by atoms with Gasteiger partial charge in [0.25, 0.3) is 0 Å². The molecule has 0 radical (unpaired) electrons. The van der Waals surface area contributed by atoms with Crippen LogP contribution in [0.25, 0.3) is 5.69 Å². The van der Waals surface area contributed by atoms with Gasteiger partial charge in [-0.05, 0) is 56.3 Å². The summed E-state index contributed by atoms with van der Waals surface area (Å²) in [6, 6.07) is 16.1. The lowest BCUT2D eigenvalue weighted by molar-refractivity contribution is 0.0471. The lowest BCUT2D eigenvalue weighted by atomic mass is 10.1. The summed E-state index contributed by atoms with van der Waals surface area (Å²) in [5.74, 6) is 0.305. The minimum Gasteiger partial charge on any atom is -0.497 e. The Kier molecular flexibility index (Phi) is 6.02. The number of aryl methyl sites for hydroxylation is 1. The van der Waals surface area contributed by atoms with Crippen LogP contribution in [0, 0.1) is 13.8 Å². The van der Waals surface area contributed by atoms with Crippen LogP contribution in [0.3, 0.4) is 0 Å². The van der Waals surface area contributed by atoms with E-state index in [4.69, 9.17) is 14.2 Å². The second-order valence-corrected chi connectivity index (χ2v) is 6.52. The lowest BCUT2D eigenvalue weighted by Gasteiger charge is -2.11. The molecule has 0 amide bonds. The normalized spacial score (nSPS) is 10.5. The standard InChI is InChI=1S/C23H23NO5/c1-15-13-20(16(2)24(15)17-9-11-18(27-3)12-10-17)21(25)14-29-23(26)19-7-5-6-8-22(19)28-4/h5-13H,14H2,1-4H3. The smallest absolute Gasteiger partial charge is 0.342 e. The Balaban J connectivity index is 1.77. The molecule has 0 saturated carbocycles. The Labute approximate surface area is 169 Å². The molecule has 1 heterocycles. The van der Waals surface area contributed by atoms with E-state index < -0.39 is 5.97 Å². The van der Waals surface area contributed by atoms with Gasteiger partial charge in [-0.3, -0.25) is 4.79 Å². The maximum Gasteiger partial charge on any atom is 0.342 e. The first kappa shape index (κ1) is 20.2. The molecule has 0 spiro atoms. The highest BCUT2D eigenvalue weighted by Crippen LogP contribution is 2.24. The predicted octanol–water partition coefficient (Wildman–Crippen LogP) is 4.15. The van der Waals surface area contributed by atoms with Gasteiger partial charge in [0.2, 0.25) is 5.78 Å². The average Bonchev–Trinajstić information content (AvgIpc) is 3.05. The number of benzene rings is 2. The van der Waals surface area contributed by atoms with E-state index in [0.29, 0.717) is 11.3 Å². The van der Waals surface area contributed by atoms with Crippen molar-refractivity contribution in [3.8, 4) is 17.2 Å². The van der Waals surface area contributed by atoms with Crippen LogP contribution in [0.5, 0.6) is 11.5 Å². The SMILES string of the molecule is COc1ccc(-n2c(C)cc(C(=O)COC(=O)c3ccccc3OC)c2C)cc1. The lowest BCUT2D eigenvalue weighted by Crippen LogP contribution is -2.15. The third-order valence-corrected chi connectivity index (χ3v) is 4.72. The average molecular weight is 393 g/mol. The monoisotopic (exact) mass is 393 g/mol. The molecule has 0 aliphatic rings. The Morgan fingerprint density at radius 1 is 0.897 bits per heavy atom. The molecular formula is C23H23NO5. The molecule has 150 valence electrons. The van der Waals surface area contributed by atoms with Crippen molar-refractivity contribution >= 4 is 11.8 Å². The molecule has 0 aliphatic heterocycles. The van der Waals surface area contributed by atoms with Crippen molar-refractivity contribution in [2.45, 2.75) is 13.8 Å². The number of methoxy groups -OCH3 is 2. The molecule has 3 rings (SSSR count). The Hall–Kier alpha value is -3.54. The third-order valence-electron chi connectivity index (χ3n) is 4.72. The van der Waals surface area contributed by atoms with Gasteiger partial charge in [-0.1, -0.05) is 12.1 Å². The van der Waals surface area contributed by atoms with Gasteiger partial charge in [0.05, 0.1) is 14.2 Å². The van der Waals surface area contributed by atoms with E-state index >= 15 is 0 Å². The van der Waals surface area contributed by atoms with Crippen molar-refractivity contribution < 1.29 is 23.8 Å². The van der Waals surface area contributed by atoms with Crippen molar-refractivity contribution in [2.75, 3.05) is 20.8 Å². The second kappa shape index (κ2) is 8.65. The molecule has 0 N–H and O–H groups in total. The molecule has 6 nitrogen and oxygen atoms in total. The summed E-state index contributed by atoms with van der Waals surface area (Å²) in [6.07, 6.45) is 0. The first-order chi connectivity index (χ1) is 14.0. The van der Waals surface area contributed by atoms with Gasteiger partial charge in [-0.25, -0.2) is 4.79 Å². The summed E-state index contributed by atoms with van der Waals surface area (Å²) in [6.45, 7) is 3.45. The highest BCUT2D eigenvalue weighted by Gasteiger charge is 2.20. The first-order valence-corrected chi connectivity index (χ1v) is 9.13. The summed E-state index contributed by atoms with van der Waals surface area (Å²) in [5, 5.41) is 0. The molecule has 1 aromatic heterocycles. The van der Waals surface area contributed by atoms with Crippen LogP contribution >= 0.6 is 0 Å². The van der Waals surface area contributed by atoms with Crippen molar-refractivity contribution in [3.63, 3.8) is 0 Å². The third kappa shape index (κ3) is 4.16. The summed E-state index contributed by atoms with van der Waals surface area (Å²) in [5.41, 5.74) is 3.42. The zero-order chi connectivity index (χ0) is 21.0. The second-order valence-electron chi connectivity index (χ2n) is 6.52. The number of para-hydroxylation sites is 1. The van der Waals surface area contributed by atoms with E-state index in [0.717, 1.165) is 22.8 Å². The summed E-state index contributed by atoms with van der Waals surface area (Å²) in [7, 11) is 3.09. The minimum atomic E-state index is -0.597. The molecule has 0 fully saturated rings. The quantitative estimate of drug-likeness (QED) is 0.446. The number of esters is 1. The van der Waals surface area contributed by atoms with Crippen LogP contribution in [0.1, 0.15) is 32.1 Å². The van der Waals surface area contributed by atoms with Crippen LogP contribution in [0.15, 0.2) is 54.6 Å². The molecule has 3 aromatic rings. The van der Waals surface area contributed by atoms with Gasteiger partial charge in [0.1, 0.15) is 17.1 Å². The Morgan fingerprint density at radius 2 is 1.59 bits per heavy atom. The molecular weight excluding hydrogens is 370 g/mol. The van der Waals surface area contributed by atoms with Gasteiger partial charge in [-0.15, -0.1) is 0 Å². The maximum atomic E-state index is 12.7. The number of hydrogen-bond acceptors (Lipinski definition) is 5. The van der Waals surface area contributed by atoms with E-state index in [1.54, 1.807) is 37.4 Å². The zero-order valence-electron chi connectivity index (χ0n) is 16.9. The van der Waals surface area contributed by atoms with Crippen LogP contribution < -0.4 is 9.47 Å². The zero-order valence-corrected chi connectivity index (χ0v) is 16.9. The van der Waals surface area contributed by atoms with Crippen LogP contribution in [0.2, 0.25) is 0 Å². The fourth-order valence-corrected chi connectivity index (χ4v) is 3.27. The number of aromatic nitrogens is 1. The number of carbonyl (C=O) groups excluding carboxylic acids is 2. The van der Waals surface area contributed by atoms with E-state index in [1.807, 2.05) is 42.7 Å². The Morgan fingerprint density at radius 3 is 2.24 bits per heavy atom. The van der Waals surface area contributed by atoms with E-state index in [1.165, 1.54) is 7.11 Å². The van der Waals surface area contributed by atoms with Gasteiger partial charge >= 0.3 is 5.97 Å². The van der Waals surface area contributed by atoms with Crippen molar-refractivity contribution in [3.05, 3.63) is 77.1 Å². The van der Waals surface area contributed by atoms with Gasteiger partial charge in [0, 0.05) is 22.6 Å². The molecule has 2 aromatic carbocycles.